The summed E-state index contributed by atoms with van der Waals surface area (Å²) >= 11 is 0. The van der Waals surface area contributed by atoms with Gasteiger partial charge in [0.15, 0.2) is 11.3 Å². The summed E-state index contributed by atoms with van der Waals surface area (Å²) in [4.78, 5) is 27.9. The number of benzene rings is 3. The summed E-state index contributed by atoms with van der Waals surface area (Å²) in [6.45, 7) is 1.87. The van der Waals surface area contributed by atoms with Crippen LogP contribution in [0.1, 0.15) is 16.1 Å². The monoisotopic (exact) mass is 439 g/mol. The molecule has 0 aliphatic heterocycles. The molecule has 0 saturated carbocycles. The molecule has 8 heteroatoms. The first-order valence-corrected chi connectivity index (χ1v) is 10.1. The highest BCUT2D eigenvalue weighted by atomic mass is 16.6. The maximum atomic E-state index is 12.8. The molecular formula is C25H17N3O5. The lowest BCUT2D eigenvalue weighted by Gasteiger charge is -2.10. The lowest BCUT2D eigenvalue weighted by Crippen LogP contribution is -2.12. The maximum absolute atomic E-state index is 12.8. The summed E-state index contributed by atoms with van der Waals surface area (Å²) in [5.41, 5.74) is 4.05. The van der Waals surface area contributed by atoms with Crippen molar-refractivity contribution in [2.45, 2.75) is 6.92 Å². The highest BCUT2D eigenvalue weighted by Gasteiger charge is 2.17. The van der Waals surface area contributed by atoms with Crippen molar-refractivity contribution in [3.8, 4) is 22.8 Å². The normalized spacial score (nSPS) is 10.9. The molecule has 0 aliphatic carbocycles. The van der Waals surface area contributed by atoms with E-state index in [-0.39, 0.29) is 11.4 Å². The molecule has 3 aromatic carbocycles. The van der Waals surface area contributed by atoms with Crippen molar-refractivity contribution in [1.29, 1.82) is 0 Å². The number of para-hydroxylation sites is 2. The Morgan fingerprint density at radius 2 is 1.79 bits per heavy atom. The third-order valence-corrected chi connectivity index (χ3v) is 5.28. The average molecular weight is 439 g/mol. The predicted octanol–water partition coefficient (Wildman–Crippen LogP) is 6.22. The molecule has 5 rings (SSSR count). The fourth-order valence-electron chi connectivity index (χ4n) is 3.56. The number of hydrogen-bond acceptors (Lipinski definition) is 6. The summed E-state index contributed by atoms with van der Waals surface area (Å²) in [5.74, 6) is 0.476. The Bertz CT molecular complexity index is 1480. The summed E-state index contributed by atoms with van der Waals surface area (Å²) in [6, 6.07) is 22.1. The SMILES string of the molecule is Cc1c(NC(=O)c2ccc(-c3cccc([N+](=O)[O-])c3)o2)cccc1-c1nc2ccccc2o1. The van der Waals surface area contributed by atoms with Gasteiger partial charge in [-0.1, -0.05) is 30.3 Å². The first-order chi connectivity index (χ1) is 16.0. The van der Waals surface area contributed by atoms with E-state index < -0.39 is 10.8 Å². The smallest absolute Gasteiger partial charge is 0.291 e. The number of fused-ring (bicyclic) bond motifs is 1. The minimum Gasteiger partial charge on any atom is -0.451 e. The Morgan fingerprint density at radius 3 is 2.61 bits per heavy atom. The second-order valence-corrected chi connectivity index (χ2v) is 7.39. The van der Waals surface area contributed by atoms with Gasteiger partial charge in [0, 0.05) is 28.9 Å². The molecule has 2 aromatic heterocycles. The third kappa shape index (κ3) is 3.85. The second kappa shape index (κ2) is 8.08. The molecule has 0 atom stereocenters. The molecule has 162 valence electrons. The number of amides is 1. The molecule has 1 N–H and O–H groups in total. The van der Waals surface area contributed by atoms with Gasteiger partial charge in [-0.2, -0.15) is 0 Å². The largest absolute Gasteiger partial charge is 0.451 e. The van der Waals surface area contributed by atoms with Crippen LogP contribution in [0.5, 0.6) is 0 Å². The van der Waals surface area contributed by atoms with E-state index >= 15 is 0 Å². The zero-order chi connectivity index (χ0) is 22.9. The Hall–Kier alpha value is -4.72. The number of nitro groups is 1. The molecule has 0 spiro atoms. The van der Waals surface area contributed by atoms with Crippen LogP contribution in [0.2, 0.25) is 0 Å². The van der Waals surface area contributed by atoms with Gasteiger partial charge in [-0.15, -0.1) is 0 Å². The van der Waals surface area contributed by atoms with Crippen LogP contribution in [0.15, 0.2) is 87.7 Å². The summed E-state index contributed by atoms with van der Waals surface area (Å²) in [7, 11) is 0. The Balaban J connectivity index is 1.40. The summed E-state index contributed by atoms with van der Waals surface area (Å²) in [5, 5.41) is 13.9. The van der Waals surface area contributed by atoms with E-state index in [0.29, 0.717) is 28.5 Å². The van der Waals surface area contributed by atoms with E-state index in [1.165, 1.54) is 18.2 Å². The minimum absolute atomic E-state index is 0.0541. The minimum atomic E-state index is -0.479. The lowest BCUT2D eigenvalue weighted by molar-refractivity contribution is -0.384. The number of rotatable bonds is 5. The number of non-ortho nitro benzene ring substituents is 1. The summed E-state index contributed by atoms with van der Waals surface area (Å²) in [6.07, 6.45) is 0. The number of oxazole rings is 1. The highest BCUT2D eigenvalue weighted by molar-refractivity contribution is 6.03. The average Bonchev–Trinajstić information content (AvgIpc) is 3.48. The number of carbonyl (C=O) groups is 1. The highest BCUT2D eigenvalue weighted by Crippen LogP contribution is 2.31. The van der Waals surface area contributed by atoms with Crippen LogP contribution in [-0.4, -0.2) is 15.8 Å². The van der Waals surface area contributed by atoms with E-state index in [1.807, 2.05) is 43.3 Å². The van der Waals surface area contributed by atoms with Crippen molar-refractivity contribution < 1.29 is 18.6 Å². The summed E-state index contributed by atoms with van der Waals surface area (Å²) < 4.78 is 11.5. The van der Waals surface area contributed by atoms with Gasteiger partial charge < -0.3 is 14.2 Å². The molecule has 1 amide bonds. The zero-order valence-electron chi connectivity index (χ0n) is 17.4. The van der Waals surface area contributed by atoms with Crippen molar-refractivity contribution in [2.24, 2.45) is 0 Å². The number of anilines is 1. The van der Waals surface area contributed by atoms with Crippen molar-refractivity contribution in [3.63, 3.8) is 0 Å². The van der Waals surface area contributed by atoms with E-state index in [0.717, 1.165) is 16.6 Å². The third-order valence-electron chi connectivity index (χ3n) is 5.28. The van der Waals surface area contributed by atoms with Crippen LogP contribution in [0, 0.1) is 17.0 Å². The number of aromatic nitrogens is 1. The Labute approximate surface area is 187 Å². The molecule has 5 aromatic rings. The first kappa shape index (κ1) is 20.2. The van der Waals surface area contributed by atoms with Gasteiger partial charge in [-0.05, 0) is 48.9 Å². The van der Waals surface area contributed by atoms with E-state index in [4.69, 9.17) is 8.83 Å². The van der Waals surface area contributed by atoms with Gasteiger partial charge in [0.2, 0.25) is 5.89 Å². The molecule has 0 aliphatic rings. The number of carbonyl (C=O) groups excluding carboxylic acids is 1. The van der Waals surface area contributed by atoms with Gasteiger partial charge in [-0.25, -0.2) is 4.98 Å². The molecule has 33 heavy (non-hydrogen) atoms. The molecule has 0 saturated heterocycles. The van der Waals surface area contributed by atoms with Crippen LogP contribution in [0.25, 0.3) is 33.9 Å². The van der Waals surface area contributed by atoms with Gasteiger partial charge in [0.05, 0.1) is 4.92 Å². The van der Waals surface area contributed by atoms with E-state index in [2.05, 4.69) is 10.3 Å². The topological polar surface area (TPSA) is 111 Å². The molecular weight excluding hydrogens is 422 g/mol. The number of furan rings is 1. The van der Waals surface area contributed by atoms with Crippen molar-refractivity contribution in [1.82, 2.24) is 4.98 Å². The zero-order valence-corrected chi connectivity index (χ0v) is 17.4. The molecule has 0 fully saturated rings. The molecule has 0 radical (unpaired) electrons. The van der Waals surface area contributed by atoms with Crippen LogP contribution >= 0.6 is 0 Å². The molecule has 8 nitrogen and oxygen atoms in total. The van der Waals surface area contributed by atoms with Crippen LogP contribution in [-0.2, 0) is 0 Å². The van der Waals surface area contributed by atoms with Gasteiger partial charge in [0.25, 0.3) is 11.6 Å². The number of nitrogens with one attached hydrogen (secondary N) is 1. The quantitative estimate of drug-likeness (QED) is 0.257. The van der Waals surface area contributed by atoms with Crippen LogP contribution in [0.3, 0.4) is 0 Å². The fourth-order valence-corrected chi connectivity index (χ4v) is 3.56. The number of nitro benzene ring substituents is 1. The van der Waals surface area contributed by atoms with E-state index in [1.54, 1.807) is 24.3 Å². The van der Waals surface area contributed by atoms with Crippen molar-refractivity contribution in [3.05, 3.63) is 100 Å². The maximum Gasteiger partial charge on any atom is 0.291 e. The molecule has 0 unspecified atom stereocenters. The van der Waals surface area contributed by atoms with Gasteiger partial charge in [0.1, 0.15) is 11.3 Å². The van der Waals surface area contributed by atoms with E-state index in [9.17, 15) is 14.9 Å². The predicted molar refractivity (Wildman–Crippen MR) is 123 cm³/mol. The molecule has 2 heterocycles. The fraction of sp³-hybridized carbons (Fsp3) is 0.0400. The lowest BCUT2D eigenvalue weighted by atomic mass is 10.1. The van der Waals surface area contributed by atoms with Gasteiger partial charge >= 0.3 is 0 Å². The van der Waals surface area contributed by atoms with Gasteiger partial charge in [-0.3, -0.25) is 14.9 Å². The standard InChI is InChI=1S/C25H17N3O5/c1-15-18(25-27-20-9-2-3-11-22(20)33-25)8-5-10-19(15)26-24(29)23-13-12-21(32-23)16-6-4-7-17(14-16)28(30)31/h2-14H,1H3,(H,26,29). The second-order valence-electron chi connectivity index (χ2n) is 7.39. The number of hydrogen-bond donors (Lipinski definition) is 1. The Morgan fingerprint density at radius 1 is 0.970 bits per heavy atom. The number of nitrogens with zero attached hydrogens (tertiary/aromatic N) is 2. The first-order valence-electron chi connectivity index (χ1n) is 10.1. The molecule has 0 bridgehead atoms. The van der Waals surface area contributed by atoms with Crippen molar-refractivity contribution >= 4 is 28.4 Å². The van der Waals surface area contributed by atoms with Crippen LogP contribution < -0.4 is 5.32 Å². The van der Waals surface area contributed by atoms with Crippen molar-refractivity contribution in [2.75, 3.05) is 5.32 Å². The Kier molecular flexibility index (Phi) is 4.95. The van der Waals surface area contributed by atoms with Crippen LogP contribution in [0.4, 0.5) is 11.4 Å².